The van der Waals surface area contributed by atoms with Crippen molar-refractivity contribution in [3.63, 3.8) is 0 Å². The second-order valence-electron chi connectivity index (χ2n) is 4.62. The van der Waals surface area contributed by atoms with Crippen LogP contribution in [0.2, 0.25) is 0 Å². The van der Waals surface area contributed by atoms with Gasteiger partial charge in [-0.25, -0.2) is 0 Å². The first-order valence-electron chi connectivity index (χ1n) is 6.09. The first kappa shape index (κ1) is 12.7. The summed E-state index contributed by atoms with van der Waals surface area (Å²) in [6.07, 6.45) is 8.56. The van der Waals surface area contributed by atoms with Crippen molar-refractivity contribution < 1.29 is 4.74 Å². The van der Waals surface area contributed by atoms with Gasteiger partial charge in [0.15, 0.2) is 0 Å². The summed E-state index contributed by atoms with van der Waals surface area (Å²) in [5.74, 6) is 0. The summed E-state index contributed by atoms with van der Waals surface area (Å²) in [4.78, 5) is 0. The van der Waals surface area contributed by atoms with E-state index in [1.54, 1.807) is 0 Å². The Bertz CT molecular complexity index is 219. The van der Waals surface area contributed by atoms with Crippen LogP contribution >= 0.6 is 0 Å². The maximum Gasteiger partial charge on any atom is 0.0838 e. The van der Waals surface area contributed by atoms with Gasteiger partial charge in [-0.1, -0.05) is 18.6 Å². The molecular formula is C13H25NO. The second-order valence-corrected chi connectivity index (χ2v) is 4.62. The van der Waals surface area contributed by atoms with Gasteiger partial charge in [0.05, 0.1) is 11.6 Å². The molecule has 1 N–H and O–H groups in total. The van der Waals surface area contributed by atoms with Gasteiger partial charge in [-0.3, -0.25) is 0 Å². The van der Waals surface area contributed by atoms with Gasteiger partial charge in [-0.15, -0.1) is 0 Å². The lowest BCUT2D eigenvalue weighted by atomic mass is 9.83. The number of ether oxygens (including phenoxy) is 1. The van der Waals surface area contributed by atoms with E-state index in [2.05, 4.69) is 25.2 Å². The highest BCUT2D eigenvalue weighted by atomic mass is 16.5. The smallest absolute Gasteiger partial charge is 0.0838 e. The van der Waals surface area contributed by atoms with E-state index in [0.29, 0.717) is 6.04 Å². The third kappa shape index (κ3) is 2.82. The summed E-state index contributed by atoms with van der Waals surface area (Å²) >= 11 is 0. The summed E-state index contributed by atoms with van der Waals surface area (Å²) in [5, 5.41) is 3.42. The molecule has 88 valence electrons. The summed E-state index contributed by atoms with van der Waals surface area (Å²) in [5.41, 5.74) is 1.47. The summed E-state index contributed by atoms with van der Waals surface area (Å²) < 4.78 is 5.69. The third-order valence-electron chi connectivity index (χ3n) is 3.76. The zero-order valence-electron chi connectivity index (χ0n) is 10.6. The fraction of sp³-hybridized carbons (Fsp3) is 0.846. The van der Waals surface area contributed by atoms with Gasteiger partial charge in [0.1, 0.15) is 0 Å². The molecule has 1 rings (SSSR count). The van der Waals surface area contributed by atoms with Crippen molar-refractivity contribution in [2.45, 2.75) is 57.6 Å². The van der Waals surface area contributed by atoms with E-state index in [4.69, 9.17) is 4.74 Å². The molecule has 0 saturated carbocycles. The molecule has 2 unspecified atom stereocenters. The molecule has 2 nitrogen and oxygen atoms in total. The number of methoxy groups -OCH3 is 1. The van der Waals surface area contributed by atoms with Crippen LogP contribution in [0.1, 0.15) is 46.0 Å². The van der Waals surface area contributed by atoms with Gasteiger partial charge >= 0.3 is 0 Å². The number of rotatable bonds is 5. The van der Waals surface area contributed by atoms with E-state index >= 15 is 0 Å². The minimum atomic E-state index is -0.0715. The van der Waals surface area contributed by atoms with Gasteiger partial charge in [-0.2, -0.15) is 0 Å². The maximum absolute atomic E-state index is 5.69. The predicted octanol–water partition coefficient (Wildman–Crippen LogP) is 2.89. The summed E-state index contributed by atoms with van der Waals surface area (Å²) in [6, 6.07) is 0.368. The lowest BCUT2D eigenvalue weighted by Crippen LogP contribution is -2.49. The highest BCUT2D eigenvalue weighted by Gasteiger charge is 2.34. The second kappa shape index (κ2) is 5.66. The Morgan fingerprint density at radius 3 is 2.67 bits per heavy atom. The molecule has 0 amide bonds. The van der Waals surface area contributed by atoms with Gasteiger partial charge in [0.2, 0.25) is 0 Å². The highest BCUT2D eigenvalue weighted by Crippen LogP contribution is 2.29. The summed E-state index contributed by atoms with van der Waals surface area (Å²) in [6.45, 7) is 4.39. The average Bonchev–Trinajstić information content (AvgIpc) is 2.31. The molecule has 0 aromatic carbocycles. The molecular weight excluding hydrogens is 186 g/mol. The Kier molecular flexibility index (Phi) is 4.81. The van der Waals surface area contributed by atoms with E-state index in [-0.39, 0.29) is 5.60 Å². The monoisotopic (exact) mass is 211 g/mol. The Morgan fingerprint density at radius 2 is 2.27 bits per heavy atom. The normalized spacial score (nSPS) is 23.1. The Morgan fingerprint density at radius 1 is 1.53 bits per heavy atom. The zero-order chi connectivity index (χ0) is 11.3. The first-order chi connectivity index (χ1) is 7.18. The van der Waals surface area contributed by atoms with Crippen LogP contribution in [0.15, 0.2) is 11.6 Å². The van der Waals surface area contributed by atoms with Crippen LogP contribution in [-0.2, 0) is 4.74 Å². The van der Waals surface area contributed by atoms with Gasteiger partial charge in [0.25, 0.3) is 0 Å². The third-order valence-corrected chi connectivity index (χ3v) is 3.76. The molecule has 0 heterocycles. The van der Waals surface area contributed by atoms with Crippen molar-refractivity contribution in [3.05, 3.63) is 11.6 Å². The molecule has 0 aromatic rings. The van der Waals surface area contributed by atoms with E-state index in [9.17, 15) is 0 Å². The molecule has 0 aliphatic heterocycles. The highest BCUT2D eigenvalue weighted by molar-refractivity contribution is 5.18. The quantitative estimate of drug-likeness (QED) is 0.706. The molecule has 0 aromatic heterocycles. The number of allylic oxidation sites excluding steroid dienone is 1. The van der Waals surface area contributed by atoms with E-state index in [1.165, 1.54) is 31.3 Å². The number of likely N-dealkylation sites (N-methyl/N-ethyl adjacent to an activating group) is 1. The Balaban J connectivity index is 2.81. The van der Waals surface area contributed by atoms with Gasteiger partial charge in [0, 0.05) is 7.11 Å². The average molecular weight is 211 g/mol. The molecule has 0 fully saturated rings. The van der Waals surface area contributed by atoms with Crippen molar-refractivity contribution in [2.24, 2.45) is 0 Å². The molecule has 2 atom stereocenters. The molecule has 0 bridgehead atoms. The lowest BCUT2D eigenvalue weighted by Gasteiger charge is -2.38. The van der Waals surface area contributed by atoms with Crippen molar-refractivity contribution in [2.75, 3.05) is 14.2 Å². The maximum atomic E-state index is 5.69. The van der Waals surface area contributed by atoms with Crippen LogP contribution in [0, 0.1) is 0 Å². The zero-order valence-corrected chi connectivity index (χ0v) is 10.6. The first-order valence-corrected chi connectivity index (χ1v) is 6.09. The standard InChI is InChI=1S/C13H25NO/c1-5-13(2,15-4)12(14-3)11-9-7-6-8-10-11/h9,12,14H,5-8,10H2,1-4H3. The Labute approximate surface area is 94.1 Å². The molecule has 15 heavy (non-hydrogen) atoms. The van der Waals surface area contributed by atoms with Crippen LogP contribution in [0.5, 0.6) is 0 Å². The van der Waals surface area contributed by atoms with E-state index in [0.717, 1.165) is 6.42 Å². The predicted molar refractivity (Wildman–Crippen MR) is 65.1 cm³/mol. The number of nitrogens with one attached hydrogen (secondary N) is 1. The molecule has 1 aliphatic carbocycles. The van der Waals surface area contributed by atoms with Crippen molar-refractivity contribution >= 4 is 0 Å². The molecule has 0 radical (unpaired) electrons. The number of hydrogen-bond acceptors (Lipinski definition) is 2. The van der Waals surface area contributed by atoms with Crippen molar-refractivity contribution in [1.29, 1.82) is 0 Å². The SMILES string of the molecule is CCC(C)(OC)C(NC)C1=CCCCC1. The summed E-state index contributed by atoms with van der Waals surface area (Å²) in [7, 11) is 3.85. The van der Waals surface area contributed by atoms with Crippen molar-refractivity contribution in [1.82, 2.24) is 5.32 Å². The van der Waals surface area contributed by atoms with Crippen LogP contribution < -0.4 is 5.32 Å². The largest absolute Gasteiger partial charge is 0.377 e. The fourth-order valence-corrected chi connectivity index (χ4v) is 2.47. The van der Waals surface area contributed by atoms with Crippen LogP contribution in [-0.4, -0.2) is 25.8 Å². The van der Waals surface area contributed by atoms with Crippen LogP contribution in [0.3, 0.4) is 0 Å². The fourth-order valence-electron chi connectivity index (χ4n) is 2.47. The minimum Gasteiger partial charge on any atom is -0.377 e. The van der Waals surface area contributed by atoms with E-state index < -0.39 is 0 Å². The Hall–Kier alpha value is -0.340. The topological polar surface area (TPSA) is 21.3 Å². The lowest BCUT2D eigenvalue weighted by molar-refractivity contribution is -0.0184. The molecule has 2 heteroatoms. The van der Waals surface area contributed by atoms with Crippen LogP contribution in [0.25, 0.3) is 0 Å². The van der Waals surface area contributed by atoms with Crippen molar-refractivity contribution in [3.8, 4) is 0 Å². The van der Waals surface area contributed by atoms with Gasteiger partial charge in [-0.05, 0) is 46.1 Å². The molecule has 0 spiro atoms. The minimum absolute atomic E-state index is 0.0715. The van der Waals surface area contributed by atoms with Crippen LogP contribution in [0.4, 0.5) is 0 Å². The van der Waals surface area contributed by atoms with E-state index in [1.807, 2.05) is 14.2 Å². The number of hydrogen-bond donors (Lipinski definition) is 1. The van der Waals surface area contributed by atoms with Gasteiger partial charge < -0.3 is 10.1 Å². The molecule has 1 aliphatic rings. The molecule has 0 saturated heterocycles.